The van der Waals surface area contributed by atoms with E-state index in [-0.39, 0.29) is 0 Å². The molecule has 0 aliphatic rings. The largest absolute Gasteiger partial charge is 0.396 e. The van der Waals surface area contributed by atoms with Crippen LogP contribution in [0.25, 0.3) is 0 Å². The van der Waals surface area contributed by atoms with Crippen molar-refractivity contribution in [3.05, 3.63) is 34.3 Å². The second kappa shape index (κ2) is 3.62. The fourth-order valence-electron chi connectivity index (χ4n) is 1.23. The van der Waals surface area contributed by atoms with E-state index < -0.39 is 0 Å². The number of anilines is 1. The normalized spacial score (nSPS) is 10.5. The third-order valence-electron chi connectivity index (χ3n) is 2.00. The number of nitrogens with one attached hydrogen (secondary N) is 1. The summed E-state index contributed by atoms with van der Waals surface area (Å²) in [4.78, 5) is 0. The van der Waals surface area contributed by atoms with Crippen molar-refractivity contribution in [2.45, 2.75) is 12.8 Å². The zero-order valence-electron chi connectivity index (χ0n) is 7.16. The first-order chi connectivity index (χ1) is 6.36. The van der Waals surface area contributed by atoms with Crippen LogP contribution >= 0.6 is 11.3 Å². The number of rotatable bonds is 3. The van der Waals surface area contributed by atoms with Gasteiger partial charge < -0.3 is 5.73 Å². The van der Waals surface area contributed by atoms with E-state index >= 15 is 0 Å². The highest BCUT2D eigenvalue weighted by Gasteiger charge is 2.01. The summed E-state index contributed by atoms with van der Waals surface area (Å²) in [6.45, 7) is 0. The number of nitrogens with two attached hydrogens (primary N) is 1. The molecule has 0 aromatic carbocycles. The van der Waals surface area contributed by atoms with Gasteiger partial charge in [-0.25, -0.2) is 0 Å². The van der Waals surface area contributed by atoms with Gasteiger partial charge in [-0.3, -0.25) is 5.10 Å². The molecule has 13 heavy (non-hydrogen) atoms. The van der Waals surface area contributed by atoms with Crippen LogP contribution in [0.5, 0.6) is 0 Å². The molecule has 0 amide bonds. The van der Waals surface area contributed by atoms with E-state index in [9.17, 15) is 0 Å². The second-order valence-corrected chi connectivity index (χ2v) is 3.72. The first-order valence-electron chi connectivity index (χ1n) is 4.15. The molecule has 2 heterocycles. The molecule has 2 rings (SSSR count). The number of H-pyrrole nitrogens is 1. The maximum absolute atomic E-state index is 5.69. The lowest BCUT2D eigenvalue weighted by Crippen LogP contribution is -1.94. The lowest BCUT2D eigenvalue weighted by molar-refractivity contribution is 0.897. The van der Waals surface area contributed by atoms with Crippen LogP contribution in [0.15, 0.2) is 23.0 Å². The van der Waals surface area contributed by atoms with Gasteiger partial charge in [-0.15, -0.1) is 0 Å². The number of aryl methyl sites for hydroxylation is 2. The molecule has 0 saturated carbocycles. The van der Waals surface area contributed by atoms with Crippen LogP contribution in [0.3, 0.4) is 0 Å². The lowest BCUT2D eigenvalue weighted by Gasteiger charge is -1.96. The van der Waals surface area contributed by atoms with Crippen molar-refractivity contribution in [3.63, 3.8) is 0 Å². The minimum absolute atomic E-state index is 0.759. The SMILES string of the molecule is Nc1cn[nH]c1CCc1ccsc1. The second-order valence-electron chi connectivity index (χ2n) is 2.94. The van der Waals surface area contributed by atoms with E-state index in [1.54, 1.807) is 17.5 Å². The average Bonchev–Trinajstić information content (AvgIpc) is 2.72. The third kappa shape index (κ3) is 1.89. The predicted molar refractivity (Wildman–Crippen MR) is 54.7 cm³/mol. The van der Waals surface area contributed by atoms with E-state index in [1.165, 1.54) is 5.56 Å². The molecule has 0 radical (unpaired) electrons. The maximum Gasteiger partial charge on any atom is 0.0730 e. The van der Waals surface area contributed by atoms with Gasteiger partial charge in [-0.05, 0) is 35.2 Å². The Labute approximate surface area is 80.6 Å². The number of nitrogens with zero attached hydrogens (tertiary/aromatic N) is 1. The van der Waals surface area contributed by atoms with E-state index in [4.69, 9.17) is 5.73 Å². The molecule has 0 bridgehead atoms. The Hall–Kier alpha value is -1.29. The van der Waals surface area contributed by atoms with Crippen LogP contribution < -0.4 is 5.73 Å². The Morgan fingerprint density at radius 2 is 2.38 bits per heavy atom. The highest BCUT2D eigenvalue weighted by molar-refractivity contribution is 7.07. The summed E-state index contributed by atoms with van der Waals surface area (Å²) in [6, 6.07) is 2.14. The van der Waals surface area contributed by atoms with Gasteiger partial charge in [0.1, 0.15) is 0 Å². The number of hydrogen-bond acceptors (Lipinski definition) is 3. The van der Waals surface area contributed by atoms with Gasteiger partial charge in [0.25, 0.3) is 0 Å². The van der Waals surface area contributed by atoms with Crippen molar-refractivity contribution in [1.82, 2.24) is 10.2 Å². The molecule has 0 aliphatic carbocycles. The van der Waals surface area contributed by atoms with Crippen LogP contribution in [-0.4, -0.2) is 10.2 Å². The van der Waals surface area contributed by atoms with Crippen LogP contribution in [0, 0.1) is 0 Å². The molecule has 3 nitrogen and oxygen atoms in total. The first kappa shape index (κ1) is 8.31. The Morgan fingerprint density at radius 1 is 1.46 bits per heavy atom. The van der Waals surface area contributed by atoms with E-state index in [1.807, 2.05) is 0 Å². The molecule has 0 atom stereocenters. The molecule has 0 unspecified atom stereocenters. The molecule has 0 fully saturated rings. The summed E-state index contributed by atoms with van der Waals surface area (Å²) in [6.07, 6.45) is 3.61. The number of aromatic nitrogens is 2. The van der Waals surface area contributed by atoms with E-state index in [0.29, 0.717) is 0 Å². The van der Waals surface area contributed by atoms with Gasteiger partial charge in [-0.1, -0.05) is 0 Å². The van der Waals surface area contributed by atoms with E-state index in [0.717, 1.165) is 24.2 Å². The first-order valence-corrected chi connectivity index (χ1v) is 5.09. The summed E-state index contributed by atoms with van der Waals surface area (Å²) < 4.78 is 0. The van der Waals surface area contributed by atoms with Crippen LogP contribution in [0.4, 0.5) is 5.69 Å². The van der Waals surface area contributed by atoms with Gasteiger partial charge >= 0.3 is 0 Å². The summed E-state index contributed by atoms with van der Waals surface area (Å²) in [7, 11) is 0. The van der Waals surface area contributed by atoms with Gasteiger partial charge in [0, 0.05) is 0 Å². The standard InChI is InChI=1S/C9H11N3S/c10-8-5-11-12-9(8)2-1-7-3-4-13-6-7/h3-6H,1-2,10H2,(H,11,12). The molecule has 68 valence electrons. The Bertz CT molecular complexity index is 364. The van der Waals surface area contributed by atoms with Crippen LogP contribution in [0.2, 0.25) is 0 Å². The zero-order chi connectivity index (χ0) is 9.10. The molecular weight excluding hydrogens is 182 g/mol. The molecular formula is C9H11N3S. The molecule has 0 saturated heterocycles. The monoisotopic (exact) mass is 193 g/mol. The minimum atomic E-state index is 0.759. The predicted octanol–water partition coefficient (Wildman–Crippen LogP) is 1.84. The smallest absolute Gasteiger partial charge is 0.0730 e. The molecule has 0 aliphatic heterocycles. The average molecular weight is 193 g/mol. The van der Waals surface area contributed by atoms with E-state index in [2.05, 4.69) is 27.0 Å². The van der Waals surface area contributed by atoms with Crippen molar-refractivity contribution in [2.75, 3.05) is 5.73 Å². The molecule has 4 heteroatoms. The zero-order valence-corrected chi connectivity index (χ0v) is 7.97. The Kier molecular flexibility index (Phi) is 2.31. The van der Waals surface area contributed by atoms with Gasteiger partial charge in [0.05, 0.1) is 17.6 Å². The fourth-order valence-corrected chi connectivity index (χ4v) is 1.93. The summed E-state index contributed by atoms with van der Waals surface area (Å²) >= 11 is 1.72. The number of nitrogen functional groups attached to an aromatic ring is 1. The quantitative estimate of drug-likeness (QED) is 0.781. The van der Waals surface area contributed by atoms with Crippen molar-refractivity contribution in [2.24, 2.45) is 0 Å². The van der Waals surface area contributed by atoms with Gasteiger partial charge in [0.2, 0.25) is 0 Å². The fraction of sp³-hybridized carbons (Fsp3) is 0.222. The summed E-state index contributed by atoms with van der Waals surface area (Å²) in [5, 5.41) is 11.0. The van der Waals surface area contributed by atoms with Crippen molar-refractivity contribution in [3.8, 4) is 0 Å². The number of thiophene rings is 1. The number of hydrogen-bond donors (Lipinski definition) is 2. The molecule has 3 N–H and O–H groups in total. The molecule has 2 aromatic heterocycles. The topological polar surface area (TPSA) is 54.7 Å². The lowest BCUT2D eigenvalue weighted by atomic mass is 10.1. The Morgan fingerprint density at radius 3 is 3.00 bits per heavy atom. The van der Waals surface area contributed by atoms with Crippen molar-refractivity contribution < 1.29 is 0 Å². The highest BCUT2D eigenvalue weighted by atomic mass is 32.1. The summed E-state index contributed by atoms with van der Waals surface area (Å²) in [5.74, 6) is 0. The van der Waals surface area contributed by atoms with Crippen molar-refractivity contribution >= 4 is 17.0 Å². The third-order valence-corrected chi connectivity index (χ3v) is 2.73. The summed E-state index contributed by atoms with van der Waals surface area (Å²) in [5.41, 5.74) is 8.84. The van der Waals surface area contributed by atoms with Gasteiger partial charge in [-0.2, -0.15) is 16.4 Å². The maximum atomic E-state index is 5.69. The number of aromatic amines is 1. The molecule has 0 spiro atoms. The minimum Gasteiger partial charge on any atom is -0.396 e. The van der Waals surface area contributed by atoms with Crippen LogP contribution in [-0.2, 0) is 12.8 Å². The van der Waals surface area contributed by atoms with Crippen LogP contribution in [0.1, 0.15) is 11.3 Å². The highest BCUT2D eigenvalue weighted by Crippen LogP contribution is 2.12. The van der Waals surface area contributed by atoms with Crippen molar-refractivity contribution in [1.29, 1.82) is 0 Å². The van der Waals surface area contributed by atoms with Gasteiger partial charge in [0.15, 0.2) is 0 Å². The Balaban J connectivity index is 1.97. The molecule has 2 aromatic rings.